The Balaban J connectivity index is 3.02. The highest BCUT2D eigenvalue weighted by molar-refractivity contribution is 7.89. The van der Waals surface area contributed by atoms with E-state index in [0.717, 1.165) is 18.4 Å². The van der Waals surface area contributed by atoms with E-state index < -0.39 is 10.0 Å². The largest absolute Gasteiger partial charge is 0.495 e. The first-order valence-electron chi connectivity index (χ1n) is 7.29. The Bertz CT molecular complexity index is 540. The van der Waals surface area contributed by atoms with Crippen LogP contribution in [0.25, 0.3) is 0 Å². The summed E-state index contributed by atoms with van der Waals surface area (Å²) < 4.78 is 32.9. The van der Waals surface area contributed by atoms with E-state index in [0.29, 0.717) is 24.8 Å². The molecule has 6 heteroatoms. The monoisotopic (exact) mass is 314 g/mol. The second-order valence-electron chi connectivity index (χ2n) is 5.05. The van der Waals surface area contributed by atoms with Crippen LogP contribution in [-0.2, 0) is 16.6 Å². The zero-order valence-electron chi connectivity index (χ0n) is 13.3. The number of ether oxygens (including phenoxy) is 1. The van der Waals surface area contributed by atoms with E-state index >= 15 is 0 Å². The second-order valence-corrected chi connectivity index (χ2v) is 6.79. The van der Waals surface area contributed by atoms with Gasteiger partial charge < -0.3 is 10.1 Å². The first kappa shape index (κ1) is 17.9. The fourth-order valence-electron chi connectivity index (χ4n) is 2.13. The summed E-state index contributed by atoms with van der Waals surface area (Å²) in [6, 6.07) is 5.21. The van der Waals surface area contributed by atoms with Crippen LogP contribution in [0.2, 0.25) is 0 Å². The molecule has 5 nitrogen and oxygen atoms in total. The summed E-state index contributed by atoms with van der Waals surface area (Å²) in [6.07, 6.45) is 1.91. The van der Waals surface area contributed by atoms with Crippen LogP contribution in [-0.4, -0.2) is 29.1 Å². The van der Waals surface area contributed by atoms with Gasteiger partial charge in [-0.15, -0.1) is 0 Å². The van der Waals surface area contributed by atoms with Crippen molar-refractivity contribution in [3.63, 3.8) is 0 Å². The standard InChI is InChI=1S/C15H26N2O3S/c1-5-12(6-2)11-17-21(18,19)15-9-13(10-16-3)7-8-14(15)20-4/h7-9,12,16-17H,5-6,10-11H2,1-4H3. The third kappa shape index (κ3) is 4.98. The van der Waals surface area contributed by atoms with Gasteiger partial charge in [0.2, 0.25) is 10.0 Å². The van der Waals surface area contributed by atoms with Crippen molar-refractivity contribution in [2.45, 2.75) is 38.1 Å². The third-order valence-electron chi connectivity index (χ3n) is 3.62. The third-order valence-corrected chi connectivity index (χ3v) is 5.06. The van der Waals surface area contributed by atoms with Crippen LogP contribution in [0.4, 0.5) is 0 Å². The Morgan fingerprint density at radius 2 is 1.90 bits per heavy atom. The molecule has 0 aliphatic heterocycles. The summed E-state index contributed by atoms with van der Waals surface area (Å²) in [5.74, 6) is 0.721. The fraction of sp³-hybridized carbons (Fsp3) is 0.600. The number of nitrogens with one attached hydrogen (secondary N) is 2. The smallest absolute Gasteiger partial charge is 0.244 e. The fourth-order valence-corrected chi connectivity index (χ4v) is 3.46. The minimum absolute atomic E-state index is 0.198. The van der Waals surface area contributed by atoms with Gasteiger partial charge in [-0.1, -0.05) is 32.8 Å². The van der Waals surface area contributed by atoms with E-state index in [2.05, 4.69) is 23.9 Å². The van der Waals surface area contributed by atoms with E-state index in [-0.39, 0.29) is 4.90 Å². The normalized spacial score (nSPS) is 11.9. The molecule has 0 heterocycles. The molecule has 0 aromatic heterocycles. The van der Waals surface area contributed by atoms with Crippen molar-refractivity contribution in [1.29, 1.82) is 0 Å². The van der Waals surface area contributed by atoms with Gasteiger partial charge in [-0.05, 0) is 30.7 Å². The molecule has 1 rings (SSSR count). The lowest BCUT2D eigenvalue weighted by molar-refractivity contribution is 0.401. The van der Waals surface area contributed by atoms with Gasteiger partial charge in [0.25, 0.3) is 0 Å². The Kier molecular flexibility index (Phi) is 7.14. The van der Waals surface area contributed by atoms with Crippen molar-refractivity contribution >= 4 is 10.0 Å². The molecular formula is C15H26N2O3S. The van der Waals surface area contributed by atoms with E-state index in [4.69, 9.17) is 4.74 Å². The van der Waals surface area contributed by atoms with Gasteiger partial charge in [-0.3, -0.25) is 0 Å². The van der Waals surface area contributed by atoms with Crippen molar-refractivity contribution in [3.8, 4) is 5.75 Å². The lowest BCUT2D eigenvalue weighted by Crippen LogP contribution is -2.29. The Morgan fingerprint density at radius 1 is 1.24 bits per heavy atom. The second kappa shape index (κ2) is 8.36. The molecule has 120 valence electrons. The zero-order chi connectivity index (χ0) is 15.9. The molecular weight excluding hydrogens is 288 g/mol. The number of rotatable bonds is 9. The minimum Gasteiger partial charge on any atom is -0.495 e. The number of sulfonamides is 1. The zero-order valence-corrected chi connectivity index (χ0v) is 14.1. The molecule has 0 saturated carbocycles. The maximum absolute atomic E-state index is 12.5. The predicted octanol–water partition coefficient (Wildman–Crippen LogP) is 2.13. The highest BCUT2D eigenvalue weighted by Gasteiger charge is 2.20. The summed E-state index contributed by atoms with van der Waals surface area (Å²) in [5, 5.41) is 3.01. The molecule has 0 unspecified atom stereocenters. The maximum Gasteiger partial charge on any atom is 0.244 e. The molecule has 0 saturated heterocycles. The molecule has 1 aromatic rings. The topological polar surface area (TPSA) is 67.4 Å². The summed E-state index contributed by atoms with van der Waals surface area (Å²) >= 11 is 0. The van der Waals surface area contributed by atoms with Gasteiger partial charge in [-0.2, -0.15) is 0 Å². The van der Waals surface area contributed by atoms with Crippen LogP contribution in [0.3, 0.4) is 0 Å². The quantitative estimate of drug-likeness (QED) is 0.733. The Hall–Kier alpha value is -1.11. The molecule has 0 amide bonds. The molecule has 0 radical (unpaired) electrons. The number of benzene rings is 1. The van der Waals surface area contributed by atoms with Crippen LogP contribution in [0, 0.1) is 5.92 Å². The van der Waals surface area contributed by atoms with E-state index in [1.54, 1.807) is 12.1 Å². The Morgan fingerprint density at radius 3 is 2.43 bits per heavy atom. The maximum atomic E-state index is 12.5. The molecule has 2 N–H and O–H groups in total. The molecule has 0 atom stereocenters. The van der Waals surface area contributed by atoms with Gasteiger partial charge >= 0.3 is 0 Å². The lowest BCUT2D eigenvalue weighted by atomic mass is 10.0. The highest BCUT2D eigenvalue weighted by Crippen LogP contribution is 2.25. The van der Waals surface area contributed by atoms with Gasteiger partial charge in [-0.25, -0.2) is 13.1 Å². The van der Waals surface area contributed by atoms with Gasteiger partial charge in [0.15, 0.2) is 0 Å². The van der Waals surface area contributed by atoms with Crippen LogP contribution in [0.15, 0.2) is 23.1 Å². The molecule has 0 aliphatic rings. The van der Waals surface area contributed by atoms with Crippen molar-refractivity contribution < 1.29 is 13.2 Å². The predicted molar refractivity (Wildman–Crippen MR) is 85.0 cm³/mol. The van der Waals surface area contributed by atoms with Gasteiger partial charge in [0, 0.05) is 13.1 Å². The SMILES string of the molecule is CCC(CC)CNS(=O)(=O)c1cc(CNC)ccc1OC. The molecule has 0 bridgehead atoms. The molecule has 1 aromatic carbocycles. The van der Waals surface area contributed by atoms with Crippen LogP contribution in [0.1, 0.15) is 32.3 Å². The molecule has 0 aliphatic carbocycles. The summed E-state index contributed by atoms with van der Waals surface area (Å²) in [5.41, 5.74) is 0.904. The average molecular weight is 314 g/mol. The Labute approximate surface area is 128 Å². The first-order chi connectivity index (χ1) is 9.98. The van der Waals surface area contributed by atoms with Crippen molar-refractivity contribution in [2.24, 2.45) is 5.92 Å². The lowest BCUT2D eigenvalue weighted by Gasteiger charge is -2.16. The minimum atomic E-state index is -3.56. The molecule has 21 heavy (non-hydrogen) atoms. The highest BCUT2D eigenvalue weighted by atomic mass is 32.2. The van der Waals surface area contributed by atoms with E-state index in [1.165, 1.54) is 7.11 Å². The van der Waals surface area contributed by atoms with E-state index in [1.807, 2.05) is 13.1 Å². The van der Waals surface area contributed by atoms with Gasteiger partial charge in [0.1, 0.15) is 10.6 Å². The molecule has 0 spiro atoms. The number of hydrogen-bond donors (Lipinski definition) is 2. The van der Waals surface area contributed by atoms with Crippen LogP contribution in [0.5, 0.6) is 5.75 Å². The van der Waals surface area contributed by atoms with Gasteiger partial charge in [0.05, 0.1) is 7.11 Å². The summed E-state index contributed by atoms with van der Waals surface area (Å²) in [7, 11) is -0.260. The van der Waals surface area contributed by atoms with Crippen LogP contribution >= 0.6 is 0 Å². The van der Waals surface area contributed by atoms with Crippen LogP contribution < -0.4 is 14.8 Å². The van der Waals surface area contributed by atoms with Crippen molar-refractivity contribution in [1.82, 2.24) is 10.0 Å². The van der Waals surface area contributed by atoms with Crippen molar-refractivity contribution in [3.05, 3.63) is 23.8 Å². The van der Waals surface area contributed by atoms with Crippen molar-refractivity contribution in [2.75, 3.05) is 20.7 Å². The summed E-state index contributed by atoms with van der Waals surface area (Å²) in [4.78, 5) is 0.198. The number of methoxy groups -OCH3 is 1. The number of hydrogen-bond acceptors (Lipinski definition) is 4. The summed E-state index contributed by atoms with van der Waals surface area (Å²) in [6.45, 7) is 5.20. The molecule has 0 fully saturated rings. The average Bonchev–Trinajstić information content (AvgIpc) is 2.48. The first-order valence-corrected chi connectivity index (χ1v) is 8.77. The van der Waals surface area contributed by atoms with E-state index in [9.17, 15) is 8.42 Å².